The Morgan fingerprint density at radius 2 is 2.00 bits per heavy atom. The number of thiophene rings is 1. The highest BCUT2D eigenvalue weighted by atomic mass is 32.2. The van der Waals surface area contributed by atoms with E-state index in [9.17, 15) is 4.79 Å². The van der Waals surface area contributed by atoms with Gasteiger partial charge in [0.2, 0.25) is 5.91 Å². The topological polar surface area (TPSA) is 54.9 Å². The van der Waals surface area contributed by atoms with Crippen molar-refractivity contribution in [2.45, 2.75) is 63.4 Å². The van der Waals surface area contributed by atoms with Crippen LogP contribution in [0.3, 0.4) is 0 Å². The zero-order chi connectivity index (χ0) is 20.2. The molecule has 4 nitrogen and oxygen atoms in total. The maximum atomic E-state index is 12.5. The Bertz CT molecular complexity index is 1000. The predicted octanol–water partition coefficient (Wildman–Crippen LogP) is 5.11. The van der Waals surface area contributed by atoms with E-state index < -0.39 is 0 Å². The van der Waals surface area contributed by atoms with Gasteiger partial charge in [0, 0.05) is 16.3 Å². The van der Waals surface area contributed by atoms with E-state index in [2.05, 4.69) is 46.5 Å². The molecule has 0 fully saturated rings. The zero-order valence-electron chi connectivity index (χ0n) is 17.0. The highest BCUT2D eigenvalue weighted by Crippen LogP contribution is 2.39. The third-order valence-corrected chi connectivity index (χ3v) is 7.51. The summed E-state index contributed by atoms with van der Waals surface area (Å²) < 4.78 is 0. The summed E-state index contributed by atoms with van der Waals surface area (Å²) in [5, 5.41) is 5.31. The fourth-order valence-electron chi connectivity index (χ4n) is 3.88. The third kappa shape index (κ3) is 4.98. The molecule has 1 N–H and O–H groups in total. The van der Waals surface area contributed by atoms with Crippen LogP contribution in [-0.4, -0.2) is 27.7 Å². The molecular formula is C23H27N3OS2. The number of nitrogens with zero attached hydrogens (tertiary/aromatic N) is 2. The number of hydrogen-bond acceptors (Lipinski definition) is 5. The Kier molecular flexibility index (Phi) is 6.50. The average Bonchev–Trinajstić information content (AvgIpc) is 3.09. The van der Waals surface area contributed by atoms with Crippen LogP contribution >= 0.6 is 23.1 Å². The number of carbonyl (C=O) groups excluding carboxylic acids is 1. The first-order chi connectivity index (χ1) is 14.1. The zero-order valence-corrected chi connectivity index (χ0v) is 18.7. The van der Waals surface area contributed by atoms with Gasteiger partial charge in [-0.05, 0) is 63.5 Å². The Labute approximate surface area is 180 Å². The minimum atomic E-state index is 0.0732. The van der Waals surface area contributed by atoms with Crippen molar-refractivity contribution in [2.75, 3.05) is 5.75 Å². The summed E-state index contributed by atoms with van der Waals surface area (Å²) in [4.78, 5) is 24.4. The second kappa shape index (κ2) is 9.26. The molecule has 2 heterocycles. The van der Waals surface area contributed by atoms with Gasteiger partial charge in [-0.25, -0.2) is 9.97 Å². The monoisotopic (exact) mass is 425 g/mol. The lowest BCUT2D eigenvalue weighted by Crippen LogP contribution is -2.34. The molecule has 6 heteroatoms. The molecule has 0 saturated carbocycles. The van der Waals surface area contributed by atoms with Crippen LogP contribution in [0, 0.1) is 6.92 Å². The Hall–Kier alpha value is -1.92. The van der Waals surface area contributed by atoms with Gasteiger partial charge in [-0.1, -0.05) is 42.1 Å². The highest BCUT2D eigenvalue weighted by molar-refractivity contribution is 8.00. The van der Waals surface area contributed by atoms with E-state index in [0.717, 1.165) is 41.4 Å². The van der Waals surface area contributed by atoms with Gasteiger partial charge in [-0.15, -0.1) is 11.3 Å². The molecule has 152 valence electrons. The lowest BCUT2D eigenvalue weighted by Gasteiger charge is -2.14. The molecule has 2 aromatic heterocycles. The molecule has 1 aliphatic rings. The van der Waals surface area contributed by atoms with Crippen LogP contribution in [0.1, 0.15) is 48.0 Å². The first-order valence-electron chi connectivity index (χ1n) is 10.3. The summed E-state index contributed by atoms with van der Waals surface area (Å²) in [6, 6.07) is 10.6. The summed E-state index contributed by atoms with van der Waals surface area (Å²) in [7, 11) is 0. The number of hydrogen-bond donors (Lipinski definition) is 1. The number of aromatic nitrogens is 2. The number of nitrogens with one attached hydrogen (secondary N) is 1. The van der Waals surface area contributed by atoms with Crippen molar-refractivity contribution in [1.82, 2.24) is 15.3 Å². The van der Waals surface area contributed by atoms with E-state index in [-0.39, 0.29) is 11.9 Å². The van der Waals surface area contributed by atoms with E-state index >= 15 is 0 Å². The molecule has 1 aliphatic carbocycles. The van der Waals surface area contributed by atoms with E-state index in [1.807, 2.05) is 24.3 Å². The fourth-order valence-corrected chi connectivity index (χ4v) is 6.16. The minimum Gasteiger partial charge on any atom is -0.353 e. The van der Waals surface area contributed by atoms with Gasteiger partial charge >= 0.3 is 0 Å². The molecule has 29 heavy (non-hydrogen) atoms. The fraction of sp³-hybridized carbons (Fsp3) is 0.435. The van der Waals surface area contributed by atoms with E-state index in [4.69, 9.17) is 0 Å². The molecular weight excluding hydrogens is 398 g/mol. The van der Waals surface area contributed by atoms with E-state index in [0.29, 0.717) is 5.75 Å². The van der Waals surface area contributed by atoms with Crippen LogP contribution in [0.25, 0.3) is 10.2 Å². The van der Waals surface area contributed by atoms with Crippen molar-refractivity contribution in [3.63, 3.8) is 0 Å². The molecule has 0 aliphatic heterocycles. The van der Waals surface area contributed by atoms with Crippen LogP contribution in [0.2, 0.25) is 0 Å². The van der Waals surface area contributed by atoms with Crippen molar-refractivity contribution in [1.29, 1.82) is 0 Å². The minimum absolute atomic E-state index is 0.0732. The van der Waals surface area contributed by atoms with Gasteiger partial charge in [0.25, 0.3) is 0 Å². The van der Waals surface area contributed by atoms with Crippen molar-refractivity contribution in [3.8, 4) is 0 Å². The number of thioether (sulfide) groups is 1. The second-order valence-electron chi connectivity index (χ2n) is 7.75. The van der Waals surface area contributed by atoms with Crippen molar-refractivity contribution >= 4 is 39.2 Å². The van der Waals surface area contributed by atoms with Gasteiger partial charge < -0.3 is 5.32 Å². The number of carbonyl (C=O) groups is 1. The van der Waals surface area contributed by atoms with E-state index in [1.54, 1.807) is 11.8 Å². The Balaban J connectivity index is 1.37. The standard InChI is InChI=1S/C23H27N3OS2/c1-15(12-13-17-8-4-3-5-9-17)24-20(27)14-28-22-21-18-10-6-7-11-19(18)29-23(21)26-16(2)25-22/h3-5,8-9,15H,6-7,10-14H2,1-2H3,(H,24,27). The number of fused-ring (bicyclic) bond motifs is 3. The molecule has 3 aromatic rings. The molecule has 4 rings (SSSR count). The lowest BCUT2D eigenvalue weighted by molar-refractivity contribution is -0.119. The number of amides is 1. The molecule has 0 bridgehead atoms. The van der Waals surface area contributed by atoms with Crippen molar-refractivity contribution < 1.29 is 4.79 Å². The van der Waals surface area contributed by atoms with Gasteiger partial charge in [0.1, 0.15) is 15.7 Å². The predicted molar refractivity (Wildman–Crippen MR) is 122 cm³/mol. The van der Waals surface area contributed by atoms with E-state index in [1.165, 1.54) is 34.2 Å². The third-order valence-electron chi connectivity index (χ3n) is 5.35. The summed E-state index contributed by atoms with van der Waals surface area (Å²) in [5.41, 5.74) is 2.74. The molecule has 1 aromatic carbocycles. The second-order valence-corrected chi connectivity index (χ2v) is 9.80. The number of rotatable bonds is 7. The van der Waals surface area contributed by atoms with Crippen molar-refractivity contribution in [3.05, 3.63) is 52.2 Å². The van der Waals surface area contributed by atoms with Gasteiger partial charge in [0.05, 0.1) is 5.75 Å². The first kappa shape index (κ1) is 20.4. The molecule has 1 unspecified atom stereocenters. The van der Waals surface area contributed by atoms with Gasteiger partial charge in [0.15, 0.2) is 0 Å². The summed E-state index contributed by atoms with van der Waals surface area (Å²) in [6.45, 7) is 4.02. The first-order valence-corrected chi connectivity index (χ1v) is 12.2. The highest BCUT2D eigenvalue weighted by Gasteiger charge is 2.21. The SMILES string of the molecule is Cc1nc(SCC(=O)NC(C)CCc2ccccc2)c2c3c(sc2n1)CCCC3. The summed E-state index contributed by atoms with van der Waals surface area (Å²) in [5.74, 6) is 1.26. The van der Waals surface area contributed by atoms with Gasteiger partial charge in [-0.3, -0.25) is 4.79 Å². The quantitative estimate of drug-likeness (QED) is 0.422. The number of aryl methyl sites for hydroxylation is 4. The summed E-state index contributed by atoms with van der Waals surface area (Å²) in [6.07, 6.45) is 6.67. The van der Waals surface area contributed by atoms with Crippen LogP contribution in [-0.2, 0) is 24.1 Å². The molecule has 0 saturated heterocycles. The van der Waals surface area contributed by atoms with Crippen LogP contribution in [0.4, 0.5) is 0 Å². The maximum absolute atomic E-state index is 12.5. The summed E-state index contributed by atoms with van der Waals surface area (Å²) >= 11 is 3.36. The van der Waals surface area contributed by atoms with Crippen LogP contribution < -0.4 is 5.32 Å². The number of benzene rings is 1. The van der Waals surface area contributed by atoms with Crippen molar-refractivity contribution in [2.24, 2.45) is 0 Å². The molecule has 0 radical (unpaired) electrons. The lowest BCUT2D eigenvalue weighted by atomic mass is 9.97. The van der Waals surface area contributed by atoms with Gasteiger partial charge in [-0.2, -0.15) is 0 Å². The molecule has 1 amide bonds. The van der Waals surface area contributed by atoms with Crippen LogP contribution in [0.15, 0.2) is 35.4 Å². The van der Waals surface area contributed by atoms with Crippen LogP contribution in [0.5, 0.6) is 0 Å². The molecule has 1 atom stereocenters. The Morgan fingerprint density at radius 3 is 2.83 bits per heavy atom. The maximum Gasteiger partial charge on any atom is 0.230 e. The Morgan fingerprint density at radius 1 is 1.21 bits per heavy atom. The average molecular weight is 426 g/mol. The molecule has 0 spiro atoms. The normalized spacial score (nSPS) is 14.6. The largest absolute Gasteiger partial charge is 0.353 e. The smallest absolute Gasteiger partial charge is 0.230 e.